The second-order valence-corrected chi connectivity index (χ2v) is 6.80. The molecule has 0 radical (unpaired) electrons. The first-order valence-electron chi connectivity index (χ1n) is 6.61. The third-order valence-electron chi connectivity index (χ3n) is 3.98. The van der Waals surface area contributed by atoms with E-state index in [1.807, 2.05) is 18.2 Å². The Morgan fingerprint density at radius 3 is 2.79 bits per heavy atom. The molecule has 0 heterocycles. The summed E-state index contributed by atoms with van der Waals surface area (Å²) >= 11 is 1.68. The van der Waals surface area contributed by atoms with E-state index in [4.69, 9.17) is 0 Å². The second kappa shape index (κ2) is 5.44. The Balaban J connectivity index is 2.22. The van der Waals surface area contributed by atoms with Gasteiger partial charge in [-0.3, -0.25) is 0 Å². The predicted octanol–water partition coefficient (Wildman–Crippen LogP) is 3.24. The first kappa shape index (κ1) is 14.2. The minimum Gasteiger partial charge on any atom is -0.392 e. The minimum atomic E-state index is -0.260. The molecule has 102 valence electrons. The van der Waals surface area contributed by atoms with E-state index < -0.39 is 0 Å². The van der Waals surface area contributed by atoms with Crippen molar-refractivity contribution in [3.63, 3.8) is 0 Å². The monoisotopic (exact) mass is 276 g/mol. The summed E-state index contributed by atoms with van der Waals surface area (Å²) in [6.07, 6.45) is 0.479. The van der Waals surface area contributed by atoms with Gasteiger partial charge in [0.05, 0.1) is 17.4 Å². The van der Waals surface area contributed by atoms with Crippen molar-refractivity contribution in [2.45, 2.75) is 44.2 Å². The summed E-state index contributed by atoms with van der Waals surface area (Å²) in [5.74, 6) is 0.950. The maximum Gasteiger partial charge on any atom is 0.102 e. The summed E-state index contributed by atoms with van der Waals surface area (Å²) in [5.41, 5.74) is 1.46. The van der Waals surface area contributed by atoms with E-state index in [9.17, 15) is 10.4 Å². The van der Waals surface area contributed by atoms with Gasteiger partial charge in [-0.1, -0.05) is 26.8 Å². The fraction of sp³-hybridized carbons (Fsp3) is 0.533. The molecule has 2 unspecified atom stereocenters. The third kappa shape index (κ3) is 2.58. The maximum atomic E-state index is 9.78. The average Bonchev–Trinajstić information content (AvgIpc) is 2.39. The topological polar surface area (TPSA) is 56.0 Å². The lowest BCUT2D eigenvalue weighted by atomic mass is 9.64. The molecule has 1 aliphatic rings. The molecule has 0 aliphatic heterocycles. The summed E-state index contributed by atoms with van der Waals surface area (Å²) in [6.45, 7) is 6.18. The highest BCUT2D eigenvalue weighted by atomic mass is 32.2. The molecular weight excluding hydrogens is 256 g/mol. The molecule has 2 rings (SSSR count). The van der Waals surface area contributed by atoms with Crippen LogP contribution in [0.15, 0.2) is 23.1 Å². The molecule has 1 saturated carbocycles. The van der Waals surface area contributed by atoms with Crippen LogP contribution < -0.4 is 5.32 Å². The van der Waals surface area contributed by atoms with Gasteiger partial charge in [0.1, 0.15) is 6.07 Å². The average molecular weight is 276 g/mol. The first-order chi connectivity index (χ1) is 9.00. The van der Waals surface area contributed by atoms with Crippen LogP contribution in [-0.2, 0) is 0 Å². The molecule has 2 N–H and O–H groups in total. The minimum absolute atomic E-state index is 0.138. The zero-order valence-corrected chi connectivity index (χ0v) is 12.4. The lowest BCUT2D eigenvalue weighted by molar-refractivity contribution is -0.0510. The number of nitrogens with zero attached hydrogens (tertiary/aromatic N) is 1. The second-order valence-electron chi connectivity index (χ2n) is 5.49. The molecule has 0 bridgehead atoms. The number of hydrogen-bond donors (Lipinski definition) is 2. The van der Waals surface area contributed by atoms with Gasteiger partial charge in [0.25, 0.3) is 0 Å². The van der Waals surface area contributed by atoms with Crippen molar-refractivity contribution < 1.29 is 5.11 Å². The number of benzene rings is 1. The van der Waals surface area contributed by atoms with Crippen molar-refractivity contribution in [3.8, 4) is 6.07 Å². The van der Waals surface area contributed by atoms with Gasteiger partial charge < -0.3 is 10.4 Å². The van der Waals surface area contributed by atoms with Gasteiger partial charge in [0.2, 0.25) is 0 Å². The number of aliphatic hydroxyl groups is 1. The number of nitrogens with one attached hydrogen (secondary N) is 1. The zero-order chi connectivity index (χ0) is 14.0. The highest BCUT2D eigenvalue weighted by molar-refractivity contribution is 7.99. The van der Waals surface area contributed by atoms with Crippen LogP contribution >= 0.6 is 11.8 Å². The number of rotatable bonds is 4. The Morgan fingerprint density at radius 1 is 1.53 bits per heavy atom. The van der Waals surface area contributed by atoms with Gasteiger partial charge in [0, 0.05) is 16.4 Å². The standard InChI is InChI=1S/C15H20N2OS/c1-4-19-12-7-5-6-11(10(12)9-16)17-13-8-14(18)15(13,2)3/h5-7,13-14,17-18H,4,8H2,1-3H3. The van der Waals surface area contributed by atoms with Gasteiger partial charge in [-0.15, -0.1) is 11.8 Å². The Morgan fingerprint density at radius 2 is 2.26 bits per heavy atom. The Labute approximate surface area is 119 Å². The van der Waals surface area contributed by atoms with Gasteiger partial charge in [-0.05, 0) is 24.3 Å². The Hall–Kier alpha value is -1.18. The number of nitriles is 1. The molecule has 1 aromatic rings. The molecule has 1 aromatic carbocycles. The highest BCUT2D eigenvalue weighted by Crippen LogP contribution is 2.43. The van der Waals surface area contributed by atoms with E-state index >= 15 is 0 Å². The van der Waals surface area contributed by atoms with Gasteiger partial charge >= 0.3 is 0 Å². The number of hydrogen-bond acceptors (Lipinski definition) is 4. The molecular formula is C15H20N2OS. The molecule has 3 nitrogen and oxygen atoms in total. The lowest BCUT2D eigenvalue weighted by Gasteiger charge is -2.50. The Bertz CT molecular complexity index is 507. The summed E-state index contributed by atoms with van der Waals surface area (Å²) in [5, 5.41) is 22.6. The van der Waals surface area contributed by atoms with Crippen molar-refractivity contribution in [1.29, 1.82) is 5.26 Å². The van der Waals surface area contributed by atoms with Crippen LogP contribution in [0.1, 0.15) is 32.8 Å². The molecule has 0 aromatic heterocycles. The van der Waals surface area contributed by atoms with Crippen molar-refractivity contribution in [2.24, 2.45) is 5.41 Å². The predicted molar refractivity (Wildman–Crippen MR) is 79.4 cm³/mol. The number of thioether (sulfide) groups is 1. The summed E-state index contributed by atoms with van der Waals surface area (Å²) in [7, 11) is 0. The van der Waals surface area contributed by atoms with Gasteiger partial charge in [-0.25, -0.2) is 0 Å². The van der Waals surface area contributed by atoms with E-state index in [1.54, 1.807) is 11.8 Å². The first-order valence-corrected chi connectivity index (χ1v) is 7.59. The normalized spacial score (nSPS) is 24.4. The number of aliphatic hydroxyl groups excluding tert-OH is 1. The SMILES string of the molecule is CCSc1cccc(NC2CC(O)C2(C)C)c1C#N. The van der Waals surface area contributed by atoms with E-state index in [-0.39, 0.29) is 17.6 Å². The van der Waals surface area contributed by atoms with Crippen LogP contribution in [0.3, 0.4) is 0 Å². The van der Waals surface area contributed by atoms with Crippen LogP contribution in [0.25, 0.3) is 0 Å². The van der Waals surface area contributed by atoms with Crippen LogP contribution in [0.2, 0.25) is 0 Å². The van der Waals surface area contributed by atoms with Crippen molar-refractivity contribution in [3.05, 3.63) is 23.8 Å². The van der Waals surface area contributed by atoms with Crippen LogP contribution in [0, 0.1) is 16.7 Å². The van der Waals surface area contributed by atoms with Crippen LogP contribution in [0.4, 0.5) is 5.69 Å². The number of anilines is 1. The quantitative estimate of drug-likeness (QED) is 0.829. The molecule has 19 heavy (non-hydrogen) atoms. The largest absolute Gasteiger partial charge is 0.392 e. The van der Waals surface area contributed by atoms with E-state index in [0.717, 1.165) is 22.8 Å². The molecule has 0 amide bonds. The summed E-state index contributed by atoms with van der Waals surface area (Å²) in [6, 6.07) is 8.42. The summed E-state index contributed by atoms with van der Waals surface area (Å²) < 4.78 is 0. The molecule has 0 saturated heterocycles. The third-order valence-corrected chi connectivity index (χ3v) is 4.92. The van der Waals surface area contributed by atoms with Gasteiger partial charge in [0.15, 0.2) is 0 Å². The summed E-state index contributed by atoms with van der Waals surface area (Å²) in [4.78, 5) is 1.02. The van der Waals surface area contributed by atoms with Gasteiger partial charge in [-0.2, -0.15) is 5.26 Å². The lowest BCUT2D eigenvalue weighted by Crippen LogP contribution is -2.57. The van der Waals surface area contributed by atoms with E-state index in [2.05, 4.69) is 32.2 Å². The zero-order valence-electron chi connectivity index (χ0n) is 11.6. The van der Waals surface area contributed by atoms with Crippen LogP contribution in [0.5, 0.6) is 0 Å². The molecule has 0 spiro atoms. The van der Waals surface area contributed by atoms with E-state index in [0.29, 0.717) is 5.56 Å². The van der Waals surface area contributed by atoms with Crippen molar-refractivity contribution in [1.82, 2.24) is 0 Å². The maximum absolute atomic E-state index is 9.78. The van der Waals surface area contributed by atoms with Crippen LogP contribution in [-0.4, -0.2) is 23.0 Å². The van der Waals surface area contributed by atoms with Crippen molar-refractivity contribution >= 4 is 17.4 Å². The molecule has 1 fully saturated rings. The molecule has 1 aliphatic carbocycles. The highest BCUT2D eigenvalue weighted by Gasteiger charge is 2.47. The smallest absolute Gasteiger partial charge is 0.102 e. The van der Waals surface area contributed by atoms with E-state index in [1.165, 1.54) is 0 Å². The van der Waals surface area contributed by atoms with Crippen molar-refractivity contribution in [2.75, 3.05) is 11.1 Å². The fourth-order valence-corrected chi connectivity index (χ4v) is 3.16. The Kier molecular flexibility index (Phi) is 4.07. The fourth-order valence-electron chi connectivity index (χ4n) is 2.38. The molecule has 4 heteroatoms. The molecule has 2 atom stereocenters.